The summed E-state index contributed by atoms with van der Waals surface area (Å²) in [5.74, 6) is -0.754. The highest BCUT2D eigenvalue weighted by Crippen LogP contribution is 2.22. The van der Waals surface area contributed by atoms with Crippen LogP contribution in [0.2, 0.25) is 5.02 Å². The van der Waals surface area contributed by atoms with Crippen LogP contribution in [0.3, 0.4) is 0 Å². The number of esters is 1. The molecule has 1 N–H and O–H groups in total. The van der Waals surface area contributed by atoms with Crippen molar-refractivity contribution in [1.29, 1.82) is 0 Å². The molecular weight excluding hydrogens is 417 g/mol. The fourth-order valence-electron chi connectivity index (χ4n) is 1.93. The molecule has 0 atom stereocenters. The molecule has 0 spiro atoms. The van der Waals surface area contributed by atoms with E-state index in [2.05, 4.69) is 27.9 Å². The van der Waals surface area contributed by atoms with Gasteiger partial charge in [-0.3, -0.25) is 4.79 Å². The molecule has 0 unspecified atom stereocenters. The zero-order valence-electron chi connectivity index (χ0n) is 11.7. The molecule has 22 heavy (non-hydrogen) atoms. The molecule has 2 aromatic rings. The van der Waals surface area contributed by atoms with E-state index in [1.165, 1.54) is 19.2 Å². The van der Waals surface area contributed by atoms with Gasteiger partial charge < -0.3 is 10.1 Å². The van der Waals surface area contributed by atoms with Gasteiger partial charge in [0.15, 0.2) is 0 Å². The first-order valence-electron chi connectivity index (χ1n) is 6.42. The number of benzene rings is 2. The molecule has 0 aromatic heterocycles. The minimum atomic E-state index is -0.527. The second-order valence-electron chi connectivity index (χ2n) is 4.54. The lowest BCUT2D eigenvalue weighted by molar-refractivity contribution is -0.115. The quantitative estimate of drug-likeness (QED) is 0.592. The number of carbonyl (C=O) groups excluding carboxylic acids is 2. The van der Waals surface area contributed by atoms with E-state index in [1.54, 1.807) is 6.07 Å². The van der Waals surface area contributed by atoms with E-state index in [-0.39, 0.29) is 17.9 Å². The molecule has 2 rings (SSSR count). The van der Waals surface area contributed by atoms with Gasteiger partial charge in [0.25, 0.3) is 0 Å². The van der Waals surface area contributed by atoms with Gasteiger partial charge in [-0.2, -0.15) is 0 Å². The first-order chi connectivity index (χ1) is 10.5. The Balaban J connectivity index is 2.17. The highest BCUT2D eigenvalue weighted by Gasteiger charge is 2.14. The Bertz CT molecular complexity index is 718. The standard InChI is InChI=1S/C16H13ClINO3/c1-22-16(21)13-6-5-11(17)9-14(13)19-15(20)8-10-3-2-4-12(18)7-10/h2-7,9H,8H2,1H3,(H,19,20). The molecule has 6 heteroatoms. The third kappa shape index (κ3) is 4.45. The highest BCUT2D eigenvalue weighted by atomic mass is 127. The van der Waals surface area contributed by atoms with Crippen molar-refractivity contribution < 1.29 is 14.3 Å². The van der Waals surface area contributed by atoms with Gasteiger partial charge in [-0.05, 0) is 58.5 Å². The number of carbonyl (C=O) groups is 2. The van der Waals surface area contributed by atoms with Crippen LogP contribution in [0.5, 0.6) is 0 Å². The second-order valence-corrected chi connectivity index (χ2v) is 6.22. The number of hydrogen-bond donors (Lipinski definition) is 1. The van der Waals surface area contributed by atoms with Crippen LogP contribution in [0.25, 0.3) is 0 Å². The van der Waals surface area contributed by atoms with Crippen LogP contribution in [0.15, 0.2) is 42.5 Å². The van der Waals surface area contributed by atoms with E-state index in [9.17, 15) is 9.59 Å². The summed E-state index contributed by atoms with van der Waals surface area (Å²) < 4.78 is 5.75. The molecule has 0 radical (unpaired) electrons. The van der Waals surface area contributed by atoms with Gasteiger partial charge >= 0.3 is 5.97 Å². The van der Waals surface area contributed by atoms with Crippen molar-refractivity contribution in [2.24, 2.45) is 0 Å². The van der Waals surface area contributed by atoms with Crippen molar-refractivity contribution in [1.82, 2.24) is 0 Å². The molecule has 114 valence electrons. The summed E-state index contributed by atoms with van der Waals surface area (Å²) in [7, 11) is 1.29. The number of methoxy groups -OCH3 is 1. The fraction of sp³-hybridized carbons (Fsp3) is 0.125. The molecule has 1 amide bonds. The van der Waals surface area contributed by atoms with Crippen molar-refractivity contribution >= 4 is 51.8 Å². The first kappa shape index (κ1) is 16.8. The Morgan fingerprint density at radius 3 is 2.68 bits per heavy atom. The maximum Gasteiger partial charge on any atom is 0.339 e. The Hall–Kier alpha value is -1.60. The zero-order chi connectivity index (χ0) is 16.1. The third-order valence-corrected chi connectivity index (χ3v) is 3.82. The van der Waals surface area contributed by atoms with E-state index in [4.69, 9.17) is 16.3 Å². The number of halogens is 2. The predicted molar refractivity (Wildman–Crippen MR) is 94.3 cm³/mol. The average Bonchev–Trinajstić information content (AvgIpc) is 2.46. The molecule has 0 aliphatic rings. The molecule has 0 saturated heterocycles. The van der Waals surface area contributed by atoms with Crippen molar-refractivity contribution in [3.8, 4) is 0 Å². The van der Waals surface area contributed by atoms with Gasteiger partial charge in [-0.1, -0.05) is 23.7 Å². The first-order valence-corrected chi connectivity index (χ1v) is 7.87. The van der Waals surface area contributed by atoms with E-state index in [0.717, 1.165) is 9.13 Å². The monoisotopic (exact) mass is 429 g/mol. The minimum absolute atomic E-state index is 0.212. The van der Waals surface area contributed by atoms with E-state index in [1.807, 2.05) is 24.3 Å². The number of nitrogens with one attached hydrogen (secondary N) is 1. The van der Waals surface area contributed by atoms with Gasteiger partial charge in [-0.15, -0.1) is 0 Å². The summed E-state index contributed by atoms with van der Waals surface area (Å²) in [6.07, 6.45) is 0.212. The predicted octanol–water partition coefficient (Wildman–Crippen LogP) is 3.91. The lowest BCUT2D eigenvalue weighted by Gasteiger charge is -2.10. The number of ether oxygens (including phenoxy) is 1. The molecule has 4 nitrogen and oxygen atoms in total. The number of amides is 1. The molecule has 0 aliphatic heterocycles. The molecule has 0 heterocycles. The van der Waals surface area contributed by atoms with Crippen LogP contribution >= 0.6 is 34.2 Å². The summed E-state index contributed by atoms with van der Waals surface area (Å²) in [4.78, 5) is 23.9. The van der Waals surface area contributed by atoms with E-state index in [0.29, 0.717) is 10.7 Å². The van der Waals surface area contributed by atoms with Crippen molar-refractivity contribution in [2.45, 2.75) is 6.42 Å². The SMILES string of the molecule is COC(=O)c1ccc(Cl)cc1NC(=O)Cc1cccc(I)c1. The van der Waals surface area contributed by atoms with E-state index >= 15 is 0 Å². The van der Waals surface area contributed by atoms with Gasteiger partial charge in [0.2, 0.25) is 5.91 Å². The summed E-state index contributed by atoms with van der Waals surface area (Å²) in [5.41, 5.74) is 1.50. The fourth-order valence-corrected chi connectivity index (χ4v) is 2.71. The summed E-state index contributed by atoms with van der Waals surface area (Å²) in [6.45, 7) is 0. The molecule has 0 saturated carbocycles. The maximum absolute atomic E-state index is 12.2. The minimum Gasteiger partial charge on any atom is -0.465 e. The van der Waals surface area contributed by atoms with Gasteiger partial charge in [0, 0.05) is 8.59 Å². The van der Waals surface area contributed by atoms with Gasteiger partial charge in [0.05, 0.1) is 24.8 Å². The van der Waals surface area contributed by atoms with Crippen molar-refractivity contribution in [2.75, 3.05) is 12.4 Å². The van der Waals surface area contributed by atoms with Gasteiger partial charge in [-0.25, -0.2) is 4.79 Å². The Kier molecular flexibility index (Phi) is 5.79. The van der Waals surface area contributed by atoms with Crippen molar-refractivity contribution in [3.05, 3.63) is 62.2 Å². The van der Waals surface area contributed by atoms with E-state index < -0.39 is 5.97 Å². The normalized spacial score (nSPS) is 10.1. The third-order valence-electron chi connectivity index (χ3n) is 2.91. The average molecular weight is 430 g/mol. The van der Waals surface area contributed by atoms with Crippen LogP contribution in [0.4, 0.5) is 5.69 Å². The summed E-state index contributed by atoms with van der Waals surface area (Å²) in [5, 5.41) is 3.14. The van der Waals surface area contributed by atoms with Crippen molar-refractivity contribution in [3.63, 3.8) is 0 Å². The Morgan fingerprint density at radius 1 is 1.23 bits per heavy atom. The van der Waals surface area contributed by atoms with Crippen LogP contribution in [-0.2, 0) is 16.0 Å². The lowest BCUT2D eigenvalue weighted by atomic mass is 10.1. The number of anilines is 1. The Labute approximate surface area is 146 Å². The lowest BCUT2D eigenvalue weighted by Crippen LogP contribution is -2.17. The van der Waals surface area contributed by atoms with Crippen LogP contribution in [-0.4, -0.2) is 19.0 Å². The number of rotatable bonds is 4. The molecule has 0 bridgehead atoms. The number of hydrogen-bond acceptors (Lipinski definition) is 3. The van der Waals surface area contributed by atoms with Crippen LogP contribution in [0, 0.1) is 3.57 Å². The largest absolute Gasteiger partial charge is 0.465 e. The molecular formula is C16H13ClINO3. The summed E-state index contributed by atoms with van der Waals surface area (Å²) >= 11 is 8.11. The van der Waals surface area contributed by atoms with Crippen LogP contribution in [0.1, 0.15) is 15.9 Å². The molecule has 0 aliphatic carbocycles. The van der Waals surface area contributed by atoms with Gasteiger partial charge in [0.1, 0.15) is 0 Å². The Morgan fingerprint density at radius 2 is 2.00 bits per heavy atom. The topological polar surface area (TPSA) is 55.4 Å². The maximum atomic E-state index is 12.2. The molecule has 2 aromatic carbocycles. The smallest absolute Gasteiger partial charge is 0.339 e. The highest BCUT2D eigenvalue weighted by molar-refractivity contribution is 14.1. The van der Waals surface area contributed by atoms with Crippen LogP contribution < -0.4 is 5.32 Å². The molecule has 0 fully saturated rings. The second kappa shape index (κ2) is 7.60. The zero-order valence-corrected chi connectivity index (χ0v) is 14.6. The summed E-state index contributed by atoms with van der Waals surface area (Å²) in [6, 6.07) is 12.3.